The molecule has 0 radical (unpaired) electrons. The molecule has 1 fully saturated rings. The Bertz CT molecular complexity index is 1760. The van der Waals surface area contributed by atoms with Gasteiger partial charge in [0.05, 0.1) is 24.4 Å². The number of carbonyl (C=O) groups is 3. The summed E-state index contributed by atoms with van der Waals surface area (Å²) >= 11 is 0.964. The van der Waals surface area contributed by atoms with Crippen molar-refractivity contribution in [3.8, 4) is 5.75 Å². The number of carbonyl (C=O) groups excluding carboxylic acids is 3. The third kappa shape index (κ3) is 5.88. The Morgan fingerprint density at radius 3 is 2.25 bits per heavy atom. The summed E-state index contributed by atoms with van der Waals surface area (Å²) in [4.78, 5) is 45.5. The fourth-order valence-electron chi connectivity index (χ4n) is 5.08. The van der Waals surface area contributed by atoms with Gasteiger partial charge in [-0.2, -0.15) is 0 Å². The van der Waals surface area contributed by atoms with E-state index in [1.54, 1.807) is 31.2 Å². The van der Waals surface area contributed by atoms with Crippen LogP contribution in [0.5, 0.6) is 5.75 Å². The Labute approximate surface area is 260 Å². The van der Waals surface area contributed by atoms with Gasteiger partial charge in [0.2, 0.25) is 0 Å². The van der Waals surface area contributed by atoms with Gasteiger partial charge in [-0.3, -0.25) is 14.5 Å². The van der Waals surface area contributed by atoms with E-state index in [0.717, 1.165) is 28.0 Å². The number of ether oxygens (including phenoxy) is 2. The highest BCUT2D eigenvalue weighted by atomic mass is 32.1. The van der Waals surface area contributed by atoms with Crippen LogP contribution in [0.25, 0.3) is 5.76 Å². The van der Waals surface area contributed by atoms with Crippen LogP contribution in [0.3, 0.4) is 0 Å². The second-order valence-corrected chi connectivity index (χ2v) is 12.7. The van der Waals surface area contributed by atoms with Crippen LogP contribution in [-0.2, 0) is 26.3 Å². The van der Waals surface area contributed by atoms with Gasteiger partial charge in [-0.1, -0.05) is 80.6 Å². The normalized spacial score (nSPS) is 16.3. The van der Waals surface area contributed by atoms with Crippen molar-refractivity contribution < 1.29 is 29.0 Å². The Morgan fingerprint density at radius 1 is 0.977 bits per heavy atom. The lowest BCUT2D eigenvalue weighted by atomic mass is 9.85. The van der Waals surface area contributed by atoms with Gasteiger partial charge < -0.3 is 14.6 Å². The smallest absolute Gasteiger partial charge is 0.350 e. The Morgan fingerprint density at radius 2 is 1.64 bits per heavy atom. The first kappa shape index (κ1) is 30.7. The minimum absolute atomic E-state index is 0.0699. The van der Waals surface area contributed by atoms with E-state index in [2.05, 4.69) is 25.8 Å². The van der Waals surface area contributed by atoms with Crippen molar-refractivity contribution in [3.63, 3.8) is 0 Å². The number of methoxy groups -OCH3 is 1. The number of hydrogen-bond acceptors (Lipinski definition) is 8. The molecule has 1 saturated heterocycles. The van der Waals surface area contributed by atoms with Crippen molar-refractivity contribution in [2.75, 3.05) is 12.0 Å². The standard InChI is InChI=1S/C35H34N2O6S/c1-20-9-7-8-10-24(20)19-43-26-17-13-23(14-18-26)29(38)27-28(22-11-15-25(16-12-22)35(3,4)5)37(32(40)30(27)39)34-36-21(2)31(44-34)33(41)42-6/h7-18,28,38H,19H2,1-6H3. The number of rotatable bonds is 7. The molecule has 8 nitrogen and oxygen atoms in total. The summed E-state index contributed by atoms with van der Waals surface area (Å²) in [7, 11) is 1.27. The number of nitrogens with zero attached hydrogens (tertiary/aromatic N) is 2. The van der Waals surface area contributed by atoms with E-state index >= 15 is 0 Å². The lowest BCUT2D eigenvalue weighted by Crippen LogP contribution is -2.29. The van der Waals surface area contributed by atoms with Gasteiger partial charge in [0, 0.05) is 5.56 Å². The van der Waals surface area contributed by atoms with Gasteiger partial charge in [0.15, 0.2) is 5.13 Å². The first-order chi connectivity index (χ1) is 20.9. The number of hydrogen-bond donors (Lipinski definition) is 1. The molecule has 44 heavy (non-hydrogen) atoms. The monoisotopic (exact) mass is 610 g/mol. The molecule has 1 N–H and O–H groups in total. The fourth-order valence-corrected chi connectivity index (χ4v) is 6.09. The number of amides is 1. The summed E-state index contributed by atoms with van der Waals surface area (Å²) in [6.45, 7) is 10.3. The van der Waals surface area contributed by atoms with Crippen molar-refractivity contribution in [1.29, 1.82) is 0 Å². The fraction of sp³-hybridized carbons (Fsp3) is 0.257. The Kier molecular flexibility index (Phi) is 8.43. The molecule has 0 spiro atoms. The summed E-state index contributed by atoms with van der Waals surface area (Å²) in [5.74, 6) is -2.01. The lowest BCUT2D eigenvalue weighted by Gasteiger charge is -2.24. The van der Waals surface area contributed by atoms with Crippen LogP contribution < -0.4 is 9.64 Å². The summed E-state index contributed by atoms with van der Waals surface area (Å²) in [5.41, 5.74) is 4.41. The van der Waals surface area contributed by atoms with E-state index in [1.165, 1.54) is 12.0 Å². The number of ketones is 1. The number of benzene rings is 3. The van der Waals surface area contributed by atoms with Crippen LogP contribution in [0.2, 0.25) is 0 Å². The van der Waals surface area contributed by atoms with E-state index in [4.69, 9.17) is 9.47 Å². The SMILES string of the molecule is COC(=O)c1sc(N2C(=O)C(=O)C(=C(O)c3ccc(OCc4ccccc4C)cc3)C2c2ccc(C(C)(C)C)cc2)nc1C. The maximum atomic E-state index is 13.6. The minimum atomic E-state index is -0.975. The van der Waals surface area contributed by atoms with Gasteiger partial charge in [-0.25, -0.2) is 9.78 Å². The van der Waals surface area contributed by atoms with Crippen LogP contribution in [-0.4, -0.2) is 34.9 Å². The molecule has 4 aromatic rings. The van der Waals surface area contributed by atoms with Gasteiger partial charge in [0.1, 0.15) is 23.0 Å². The molecule has 1 amide bonds. The van der Waals surface area contributed by atoms with E-state index in [0.29, 0.717) is 29.2 Å². The molecule has 5 rings (SSSR count). The van der Waals surface area contributed by atoms with Crippen molar-refractivity contribution in [2.24, 2.45) is 0 Å². The Hall–Kier alpha value is -4.76. The van der Waals surface area contributed by atoms with Crippen molar-refractivity contribution in [1.82, 2.24) is 4.98 Å². The molecule has 2 heterocycles. The zero-order chi connectivity index (χ0) is 31.8. The third-order valence-electron chi connectivity index (χ3n) is 7.68. The molecule has 1 unspecified atom stereocenters. The highest BCUT2D eigenvalue weighted by Crippen LogP contribution is 2.44. The highest BCUT2D eigenvalue weighted by molar-refractivity contribution is 7.17. The zero-order valence-electron chi connectivity index (χ0n) is 25.5. The third-order valence-corrected chi connectivity index (χ3v) is 8.82. The van der Waals surface area contributed by atoms with Crippen LogP contribution >= 0.6 is 11.3 Å². The van der Waals surface area contributed by atoms with Gasteiger partial charge in [-0.05, 0) is 65.8 Å². The molecule has 1 aromatic heterocycles. The molecule has 0 bridgehead atoms. The molecule has 226 valence electrons. The van der Waals surface area contributed by atoms with E-state index in [9.17, 15) is 19.5 Å². The molecule has 1 atom stereocenters. The number of esters is 1. The number of aliphatic hydroxyl groups is 1. The average Bonchev–Trinajstić information content (AvgIpc) is 3.51. The molecular weight excluding hydrogens is 576 g/mol. The summed E-state index contributed by atoms with van der Waals surface area (Å²) in [5, 5.41) is 11.7. The van der Waals surface area contributed by atoms with Crippen LogP contribution in [0.1, 0.15) is 70.0 Å². The maximum absolute atomic E-state index is 13.6. The van der Waals surface area contributed by atoms with Gasteiger partial charge >= 0.3 is 11.9 Å². The highest BCUT2D eigenvalue weighted by Gasteiger charge is 2.48. The average molecular weight is 611 g/mol. The van der Waals surface area contributed by atoms with Crippen molar-refractivity contribution >= 4 is 39.9 Å². The van der Waals surface area contributed by atoms with Gasteiger partial charge in [-0.15, -0.1) is 0 Å². The second-order valence-electron chi connectivity index (χ2n) is 11.7. The number of Topliss-reactive ketones (excluding diaryl/α,β-unsaturated/α-hetero) is 1. The molecule has 3 aromatic carbocycles. The molecular formula is C35H34N2O6S. The van der Waals surface area contributed by atoms with Crippen LogP contribution in [0.4, 0.5) is 5.13 Å². The van der Waals surface area contributed by atoms with Crippen LogP contribution in [0, 0.1) is 13.8 Å². The summed E-state index contributed by atoms with van der Waals surface area (Å²) in [6, 6.07) is 21.3. The summed E-state index contributed by atoms with van der Waals surface area (Å²) in [6.07, 6.45) is 0. The first-order valence-electron chi connectivity index (χ1n) is 14.2. The molecule has 9 heteroatoms. The van der Waals surface area contributed by atoms with Gasteiger partial charge in [0.25, 0.3) is 5.78 Å². The molecule has 0 aliphatic carbocycles. The maximum Gasteiger partial charge on any atom is 0.350 e. The summed E-state index contributed by atoms with van der Waals surface area (Å²) < 4.78 is 10.8. The van der Waals surface area contributed by atoms with E-state index in [-0.39, 0.29) is 26.8 Å². The number of aryl methyl sites for hydroxylation is 2. The first-order valence-corrected chi connectivity index (χ1v) is 15.0. The van der Waals surface area contributed by atoms with Crippen molar-refractivity contribution in [3.05, 3.63) is 117 Å². The number of anilines is 1. The molecule has 0 saturated carbocycles. The Balaban J connectivity index is 1.56. The lowest BCUT2D eigenvalue weighted by molar-refractivity contribution is -0.132. The second kappa shape index (κ2) is 12.1. The quantitative estimate of drug-likeness (QED) is 0.103. The number of thiazole rings is 1. The van der Waals surface area contributed by atoms with E-state index < -0.39 is 23.7 Å². The predicted molar refractivity (Wildman–Crippen MR) is 170 cm³/mol. The van der Waals surface area contributed by atoms with Crippen molar-refractivity contribution in [2.45, 2.75) is 52.7 Å². The van der Waals surface area contributed by atoms with Crippen LogP contribution in [0.15, 0.2) is 78.4 Å². The molecule has 1 aliphatic heterocycles. The largest absolute Gasteiger partial charge is 0.507 e. The number of aliphatic hydroxyl groups excluding tert-OH is 1. The molecule has 1 aliphatic rings. The predicted octanol–water partition coefficient (Wildman–Crippen LogP) is 7.05. The minimum Gasteiger partial charge on any atom is -0.507 e. The zero-order valence-corrected chi connectivity index (χ0v) is 26.3. The number of aromatic nitrogens is 1. The van der Waals surface area contributed by atoms with E-state index in [1.807, 2.05) is 55.5 Å². The topological polar surface area (TPSA) is 106 Å².